The molecule has 0 amide bonds. The smallest absolute Gasteiger partial charge is 0.371 e. The predicted octanol–water partition coefficient (Wildman–Crippen LogP) is 1.86. The summed E-state index contributed by atoms with van der Waals surface area (Å²) >= 11 is 0. The Morgan fingerprint density at radius 2 is 2.33 bits per heavy atom. The molecule has 2 aromatic rings. The minimum absolute atomic E-state index is 0.0612. The first-order chi connectivity index (χ1) is 7.22. The minimum Gasteiger partial charge on any atom is -0.475 e. The Labute approximate surface area is 85.9 Å². The molecule has 0 aliphatic rings. The number of carboxylic acid groups (broad SMARTS) is 1. The topological polar surface area (TPSA) is 68.3 Å². The van der Waals surface area contributed by atoms with Gasteiger partial charge >= 0.3 is 5.97 Å². The van der Waals surface area contributed by atoms with E-state index in [0.29, 0.717) is 12.3 Å². The van der Waals surface area contributed by atoms with Gasteiger partial charge in [-0.05, 0) is 25.1 Å². The first kappa shape index (κ1) is 9.51. The number of rotatable bonds is 3. The van der Waals surface area contributed by atoms with E-state index in [4.69, 9.17) is 9.52 Å². The highest BCUT2D eigenvalue weighted by Gasteiger charge is 2.12. The van der Waals surface area contributed by atoms with Crippen LogP contribution in [0.1, 0.15) is 17.5 Å². The summed E-state index contributed by atoms with van der Waals surface area (Å²) in [6.07, 6.45) is 1.65. The summed E-state index contributed by atoms with van der Waals surface area (Å²) in [6, 6.07) is 4.85. The summed E-state index contributed by atoms with van der Waals surface area (Å²) in [5.41, 5.74) is 0.782. The van der Waals surface area contributed by atoms with Crippen molar-refractivity contribution in [3.05, 3.63) is 30.2 Å². The molecule has 2 heterocycles. The van der Waals surface area contributed by atoms with Gasteiger partial charge in [-0.25, -0.2) is 4.79 Å². The number of hydrogen-bond acceptors (Lipinski definition) is 3. The van der Waals surface area contributed by atoms with Crippen molar-refractivity contribution in [3.63, 3.8) is 0 Å². The van der Waals surface area contributed by atoms with E-state index in [1.165, 1.54) is 6.07 Å². The molecule has 78 valence electrons. The Hall–Kier alpha value is -2.04. The third-order valence-corrected chi connectivity index (χ3v) is 2.09. The molecule has 5 nitrogen and oxygen atoms in total. The second-order valence-electron chi connectivity index (χ2n) is 3.00. The number of hydrogen-bond donors (Lipinski definition) is 1. The molecule has 0 atom stereocenters. The van der Waals surface area contributed by atoms with Gasteiger partial charge in [-0.15, -0.1) is 0 Å². The first-order valence-corrected chi connectivity index (χ1v) is 4.57. The quantitative estimate of drug-likeness (QED) is 0.832. The van der Waals surface area contributed by atoms with Crippen LogP contribution in [0.15, 0.2) is 28.8 Å². The number of furan rings is 1. The Balaban J connectivity index is 2.41. The molecule has 0 saturated carbocycles. The van der Waals surface area contributed by atoms with Gasteiger partial charge in [0.25, 0.3) is 0 Å². The van der Waals surface area contributed by atoms with Gasteiger partial charge < -0.3 is 9.52 Å². The fourth-order valence-electron chi connectivity index (χ4n) is 1.38. The van der Waals surface area contributed by atoms with Crippen LogP contribution in [0.25, 0.3) is 11.5 Å². The van der Waals surface area contributed by atoms with Gasteiger partial charge in [0.1, 0.15) is 5.69 Å². The van der Waals surface area contributed by atoms with Crippen LogP contribution in [-0.4, -0.2) is 20.9 Å². The molecule has 0 bridgehead atoms. The monoisotopic (exact) mass is 206 g/mol. The van der Waals surface area contributed by atoms with E-state index in [0.717, 1.165) is 5.69 Å². The van der Waals surface area contributed by atoms with Crippen LogP contribution < -0.4 is 0 Å². The van der Waals surface area contributed by atoms with Crippen molar-refractivity contribution in [1.29, 1.82) is 0 Å². The van der Waals surface area contributed by atoms with E-state index < -0.39 is 5.97 Å². The van der Waals surface area contributed by atoms with Crippen LogP contribution >= 0.6 is 0 Å². The molecule has 0 unspecified atom stereocenters. The largest absolute Gasteiger partial charge is 0.475 e. The maximum absolute atomic E-state index is 10.6. The summed E-state index contributed by atoms with van der Waals surface area (Å²) in [4.78, 5) is 10.6. The number of aromatic nitrogens is 2. The van der Waals surface area contributed by atoms with Crippen LogP contribution in [0.5, 0.6) is 0 Å². The second kappa shape index (κ2) is 3.61. The van der Waals surface area contributed by atoms with E-state index in [-0.39, 0.29) is 5.76 Å². The number of carboxylic acids is 1. The zero-order valence-corrected chi connectivity index (χ0v) is 8.17. The molecular weight excluding hydrogens is 196 g/mol. The van der Waals surface area contributed by atoms with Gasteiger partial charge in [-0.2, -0.15) is 5.10 Å². The lowest BCUT2D eigenvalue weighted by Crippen LogP contribution is -1.98. The molecule has 0 aliphatic heterocycles. The second-order valence-corrected chi connectivity index (χ2v) is 3.00. The summed E-state index contributed by atoms with van der Waals surface area (Å²) in [7, 11) is 0. The van der Waals surface area contributed by atoms with Crippen molar-refractivity contribution in [2.24, 2.45) is 0 Å². The van der Waals surface area contributed by atoms with Gasteiger partial charge in [0.15, 0.2) is 5.76 Å². The van der Waals surface area contributed by atoms with Gasteiger partial charge in [0.05, 0.1) is 0 Å². The number of aromatic carboxylic acids is 1. The van der Waals surface area contributed by atoms with E-state index in [1.807, 2.05) is 6.92 Å². The molecule has 0 fully saturated rings. The minimum atomic E-state index is -1.07. The Morgan fingerprint density at radius 3 is 2.93 bits per heavy atom. The average Bonchev–Trinajstić information content (AvgIpc) is 2.85. The predicted molar refractivity (Wildman–Crippen MR) is 52.6 cm³/mol. The van der Waals surface area contributed by atoms with Crippen LogP contribution in [0.4, 0.5) is 0 Å². The normalized spacial score (nSPS) is 10.5. The highest BCUT2D eigenvalue weighted by molar-refractivity contribution is 5.85. The van der Waals surface area contributed by atoms with Crippen molar-refractivity contribution in [1.82, 2.24) is 9.78 Å². The van der Waals surface area contributed by atoms with Gasteiger partial charge in [-0.1, -0.05) is 0 Å². The van der Waals surface area contributed by atoms with Crippen molar-refractivity contribution >= 4 is 5.97 Å². The third kappa shape index (κ3) is 1.63. The van der Waals surface area contributed by atoms with Crippen LogP contribution in [-0.2, 0) is 6.54 Å². The lowest BCUT2D eigenvalue weighted by molar-refractivity contribution is 0.0663. The maximum atomic E-state index is 10.6. The Morgan fingerprint density at radius 1 is 1.53 bits per heavy atom. The molecule has 5 heteroatoms. The molecule has 0 saturated heterocycles. The fourth-order valence-corrected chi connectivity index (χ4v) is 1.38. The molecule has 0 aliphatic carbocycles. The van der Waals surface area contributed by atoms with Crippen LogP contribution in [0.3, 0.4) is 0 Å². The molecule has 0 aromatic carbocycles. The lowest BCUT2D eigenvalue weighted by Gasteiger charge is -2.00. The molecule has 2 aromatic heterocycles. The molecule has 15 heavy (non-hydrogen) atoms. The van der Waals surface area contributed by atoms with E-state index in [2.05, 4.69) is 5.10 Å². The lowest BCUT2D eigenvalue weighted by atomic mass is 10.3. The van der Waals surface area contributed by atoms with Gasteiger partial charge in [0.2, 0.25) is 5.76 Å². The number of nitrogens with zero attached hydrogens (tertiary/aromatic N) is 2. The van der Waals surface area contributed by atoms with Gasteiger partial charge in [-0.3, -0.25) is 4.68 Å². The molecule has 1 N–H and O–H groups in total. The fraction of sp³-hybridized carbons (Fsp3) is 0.200. The Kier molecular flexibility index (Phi) is 2.29. The molecular formula is C10H10N2O3. The third-order valence-electron chi connectivity index (χ3n) is 2.09. The van der Waals surface area contributed by atoms with Crippen LogP contribution in [0, 0.1) is 0 Å². The van der Waals surface area contributed by atoms with Crippen molar-refractivity contribution in [2.45, 2.75) is 13.5 Å². The SMILES string of the molecule is CCn1nccc1-c1ccc(C(=O)O)o1. The number of aryl methyl sites for hydroxylation is 1. The van der Waals surface area contributed by atoms with Crippen molar-refractivity contribution in [3.8, 4) is 11.5 Å². The zero-order chi connectivity index (χ0) is 10.8. The van der Waals surface area contributed by atoms with Gasteiger partial charge in [0, 0.05) is 12.7 Å². The highest BCUT2D eigenvalue weighted by Crippen LogP contribution is 2.21. The number of carbonyl (C=O) groups is 1. The molecule has 0 spiro atoms. The molecule has 2 rings (SSSR count). The van der Waals surface area contributed by atoms with Crippen LogP contribution in [0.2, 0.25) is 0 Å². The van der Waals surface area contributed by atoms with Crippen molar-refractivity contribution < 1.29 is 14.3 Å². The summed E-state index contributed by atoms with van der Waals surface area (Å²) < 4.78 is 6.91. The van der Waals surface area contributed by atoms with E-state index in [9.17, 15) is 4.79 Å². The Bertz CT molecular complexity index is 484. The highest BCUT2D eigenvalue weighted by atomic mass is 16.4. The maximum Gasteiger partial charge on any atom is 0.371 e. The standard InChI is InChI=1S/C10H10N2O3/c1-2-12-7(5-6-11-12)8-3-4-9(15-8)10(13)14/h3-6H,2H2,1H3,(H,13,14). The van der Waals surface area contributed by atoms with E-state index in [1.54, 1.807) is 23.0 Å². The van der Waals surface area contributed by atoms with Crippen molar-refractivity contribution in [2.75, 3.05) is 0 Å². The summed E-state index contributed by atoms with van der Waals surface area (Å²) in [5, 5.41) is 12.8. The summed E-state index contributed by atoms with van der Waals surface area (Å²) in [5.74, 6) is -0.607. The van der Waals surface area contributed by atoms with E-state index >= 15 is 0 Å². The molecule has 0 radical (unpaired) electrons. The zero-order valence-electron chi connectivity index (χ0n) is 8.17. The first-order valence-electron chi connectivity index (χ1n) is 4.57. The summed E-state index contributed by atoms with van der Waals surface area (Å²) in [6.45, 7) is 2.67. The average molecular weight is 206 g/mol.